The highest BCUT2D eigenvalue weighted by Gasteiger charge is 2.28. The number of aliphatic hydroxyl groups is 2. The molecule has 0 fully saturated rings. The maximum atomic E-state index is 11.8. The average Bonchev–Trinajstić information content (AvgIpc) is 2.58. The second-order valence-corrected chi connectivity index (χ2v) is 7.95. The lowest BCUT2D eigenvalue weighted by Gasteiger charge is -2.31. The Labute approximate surface area is 166 Å². The fourth-order valence-corrected chi connectivity index (χ4v) is 3.31. The number of hydrogen-bond donors (Lipinski definition) is 2. The minimum atomic E-state index is -0.551. The number of allylic oxidation sites excluding steroid dienone is 13. The van der Waals surface area contributed by atoms with Gasteiger partial charge in [0.05, 0.1) is 5.76 Å². The van der Waals surface area contributed by atoms with Gasteiger partial charge in [-0.3, -0.25) is 9.59 Å². The number of carbonyl (C=O) groups is 2. The largest absolute Gasteiger partial charge is 0.512 e. The highest BCUT2D eigenvalue weighted by atomic mass is 16.3. The van der Waals surface area contributed by atoms with Crippen molar-refractivity contribution in [1.82, 2.24) is 0 Å². The maximum Gasteiger partial charge on any atom is 0.227 e. The van der Waals surface area contributed by atoms with Crippen molar-refractivity contribution in [2.45, 2.75) is 47.0 Å². The molecule has 2 aliphatic carbocycles. The summed E-state index contributed by atoms with van der Waals surface area (Å²) in [5.74, 6) is -0.999. The van der Waals surface area contributed by atoms with Crippen LogP contribution in [-0.4, -0.2) is 21.8 Å². The van der Waals surface area contributed by atoms with Gasteiger partial charge < -0.3 is 10.2 Å². The summed E-state index contributed by atoms with van der Waals surface area (Å²) in [7, 11) is 0. The first-order valence-electron chi connectivity index (χ1n) is 9.45. The zero-order chi connectivity index (χ0) is 20.9. The Balaban J connectivity index is 2.07. The van der Waals surface area contributed by atoms with E-state index in [0.717, 1.165) is 42.1 Å². The van der Waals surface area contributed by atoms with Crippen LogP contribution in [0, 0.1) is 5.41 Å². The average molecular weight is 380 g/mol. The Morgan fingerprint density at radius 1 is 1.07 bits per heavy atom. The minimum absolute atomic E-state index is 0.0218. The van der Waals surface area contributed by atoms with Crippen LogP contribution in [-0.2, 0) is 9.59 Å². The molecule has 0 spiro atoms. The van der Waals surface area contributed by atoms with Crippen LogP contribution in [0.15, 0.2) is 82.4 Å². The Bertz CT molecular complexity index is 884. The van der Waals surface area contributed by atoms with Crippen molar-refractivity contribution in [1.29, 1.82) is 0 Å². The summed E-state index contributed by atoms with van der Waals surface area (Å²) in [4.78, 5) is 23.3. The van der Waals surface area contributed by atoms with E-state index in [-0.39, 0.29) is 11.0 Å². The van der Waals surface area contributed by atoms with Gasteiger partial charge in [-0.25, -0.2) is 0 Å². The van der Waals surface area contributed by atoms with E-state index in [4.69, 9.17) is 0 Å². The van der Waals surface area contributed by atoms with Gasteiger partial charge in [0, 0.05) is 18.1 Å². The molecule has 0 unspecified atom stereocenters. The molecule has 2 aliphatic rings. The second kappa shape index (κ2) is 8.87. The molecule has 0 atom stereocenters. The third kappa shape index (κ3) is 5.56. The summed E-state index contributed by atoms with van der Waals surface area (Å²) in [5, 5.41) is 19.7. The molecular weight excluding hydrogens is 352 g/mol. The molecule has 2 N–H and O–H groups in total. The van der Waals surface area contributed by atoms with Crippen molar-refractivity contribution in [2.75, 3.05) is 0 Å². The molecule has 148 valence electrons. The number of hydrogen-bond acceptors (Lipinski definition) is 4. The fraction of sp³-hybridized carbons (Fsp3) is 0.333. The summed E-state index contributed by atoms with van der Waals surface area (Å²) in [5.41, 5.74) is 2.95. The van der Waals surface area contributed by atoms with Crippen molar-refractivity contribution < 1.29 is 19.8 Å². The van der Waals surface area contributed by atoms with E-state index in [2.05, 4.69) is 13.8 Å². The van der Waals surface area contributed by atoms with Gasteiger partial charge in [0.2, 0.25) is 5.78 Å². The number of aliphatic hydroxyl groups excluding tert-OH is 2. The Hall–Kier alpha value is -2.88. The lowest BCUT2D eigenvalue weighted by atomic mass is 9.74. The Morgan fingerprint density at radius 3 is 2.46 bits per heavy atom. The zero-order valence-electron chi connectivity index (χ0n) is 17.0. The maximum absolute atomic E-state index is 11.8. The lowest BCUT2D eigenvalue weighted by molar-refractivity contribution is -0.117. The van der Waals surface area contributed by atoms with Gasteiger partial charge in [0.1, 0.15) is 0 Å². The topological polar surface area (TPSA) is 74.6 Å². The minimum Gasteiger partial charge on any atom is -0.512 e. The van der Waals surface area contributed by atoms with Crippen LogP contribution < -0.4 is 0 Å². The number of carbonyl (C=O) groups excluding carboxylic acids is 2. The highest BCUT2D eigenvalue weighted by molar-refractivity contribution is 6.20. The molecule has 0 aromatic rings. The second-order valence-electron chi connectivity index (χ2n) is 7.95. The third-order valence-corrected chi connectivity index (χ3v) is 4.94. The van der Waals surface area contributed by atoms with Crippen LogP contribution >= 0.6 is 0 Å². The third-order valence-electron chi connectivity index (χ3n) is 4.94. The first-order chi connectivity index (χ1) is 13.1. The van der Waals surface area contributed by atoms with Gasteiger partial charge >= 0.3 is 0 Å². The number of Topliss-reactive ketones (excluding diaryl/α,β-unsaturated/α-hetero) is 1. The molecule has 0 heterocycles. The molecule has 0 radical (unpaired) electrons. The SMILES string of the molecule is CC(/C=C/C1=C(O)CCCC1(C)C)=C\C=C\C(C)=C\C1=CC(=O)C=C(O)C1=O. The zero-order valence-corrected chi connectivity index (χ0v) is 17.0. The van der Waals surface area contributed by atoms with E-state index in [1.54, 1.807) is 6.08 Å². The highest BCUT2D eigenvalue weighted by Crippen LogP contribution is 2.40. The van der Waals surface area contributed by atoms with Crippen LogP contribution in [0.1, 0.15) is 47.0 Å². The van der Waals surface area contributed by atoms with Crippen LogP contribution in [0.5, 0.6) is 0 Å². The van der Waals surface area contributed by atoms with Crippen molar-refractivity contribution in [3.8, 4) is 0 Å². The van der Waals surface area contributed by atoms with Crippen molar-refractivity contribution in [3.63, 3.8) is 0 Å². The van der Waals surface area contributed by atoms with Gasteiger partial charge in [0.15, 0.2) is 11.5 Å². The first-order valence-corrected chi connectivity index (χ1v) is 9.45. The smallest absolute Gasteiger partial charge is 0.227 e. The van der Waals surface area contributed by atoms with Gasteiger partial charge in [0.25, 0.3) is 0 Å². The molecule has 4 nitrogen and oxygen atoms in total. The van der Waals surface area contributed by atoms with E-state index in [1.165, 1.54) is 6.08 Å². The van der Waals surface area contributed by atoms with Crippen molar-refractivity contribution >= 4 is 11.6 Å². The molecule has 0 saturated heterocycles. The van der Waals surface area contributed by atoms with Gasteiger partial charge in [-0.05, 0) is 49.8 Å². The van der Waals surface area contributed by atoms with E-state index in [9.17, 15) is 19.8 Å². The molecule has 2 rings (SSSR count). The normalized spacial score (nSPS) is 21.6. The van der Waals surface area contributed by atoms with E-state index in [0.29, 0.717) is 5.76 Å². The summed E-state index contributed by atoms with van der Waals surface area (Å²) in [6.45, 7) is 8.08. The quantitative estimate of drug-likeness (QED) is 0.485. The van der Waals surface area contributed by atoms with Crippen LogP contribution in [0.2, 0.25) is 0 Å². The van der Waals surface area contributed by atoms with Gasteiger partial charge in [-0.2, -0.15) is 0 Å². The monoisotopic (exact) mass is 380 g/mol. The lowest BCUT2D eigenvalue weighted by Crippen LogP contribution is -2.19. The molecule has 4 heteroatoms. The summed E-state index contributed by atoms with van der Waals surface area (Å²) in [6.07, 6.45) is 16.1. The summed E-state index contributed by atoms with van der Waals surface area (Å²) >= 11 is 0. The summed E-state index contributed by atoms with van der Waals surface area (Å²) in [6, 6.07) is 0. The van der Waals surface area contributed by atoms with Crippen molar-refractivity contribution in [3.05, 3.63) is 82.4 Å². The van der Waals surface area contributed by atoms with Gasteiger partial charge in [-0.1, -0.05) is 55.4 Å². The molecule has 0 aliphatic heterocycles. The molecule has 0 saturated carbocycles. The first kappa shape index (κ1) is 21.4. The molecule has 28 heavy (non-hydrogen) atoms. The van der Waals surface area contributed by atoms with E-state index in [1.807, 2.05) is 44.2 Å². The number of rotatable bonds is 5. The standard InChI is InChI=1S/C24H28O4/c1-16(10-11-20-21(26)9-6-12-24(20,3)4)7-5-8-17(2)13-18-14-19(25)15-22(27)23(18)28/h5,7-8,10-11,13-15,26-27H,6,9,12H2,1-4H3/b8-5+,11-10+,16-7+,17-13+. The van der Waals surface area contributed by atoms with E-state index < -0.39 is 17.3 Å². The van der Waals surface area contributed by atoms with Crippen molar-refractivity contribution in [2.24, 2.45) is 5.41 Å². The molecule has 0 bridgehead atoms. The van der Waals surface area contributed by atoms with Crippen LogP contribution in [0.25, 0.3) is 0 Å². The Kier molecular flexibility index (Phi) is 6.79. The molecular formula is C24H28O4. The van der Waals surface area contributed by atoms with Gasteiger partial charge in [-0.15, -0.1) is 0 Å². The molecule has 0 aromatic heterocycles. The number of ketones is 2. The molecule has 0 aromatic carbocycles. The predicted molar refractivity (Wildman–Crippen MR) is 112 cm³/mol. The molecule has 0 amide bonds. The van der Waals surface area contributed by atoms with Crippen LogP contribution in [0.4, 0.5) is 0 Å². The fourth-order valence-electron chi connectivity index (χ4n) is 3.31. The van der Waals surface area contributed by atoms with Crippen LogP contribution in [0.3, 0.4) is 0 Å². The Morgan fingerprint density at radius 2 is 1.79 bits per heavy atom. The summed E-state index contributed by atoms with van der Waals surface area (Å²) < 4.78 is 0. The van der Waals surface area contributed by atoms with E-state index >= 15 is 0 Å². The predicted octanol–water partition coefficient (Wildman–Crippen LogP) is 5.53.